The topological polar surface area (TPSA) is 54.0 Å². The van der Waals surface area contributed by atoms with Crippen LogP contribution in [-0.4, -0.2) is 23.5 Å². The van der Waals surface area contributed by atoms with Gasteiger partial charge < -0.3 is 10.6 Å². The van der Waals surface area contributed by atoms with Gasteiger partial charge in [-0.3, -0.25) is 4.79 Å². The molecule has 0 bridgehead atoms. The number of anilines is 1. The number of halogens is 2. The molecule has 1 aromatic heterocycles. The third-order valence-electron chi connectivity index (χ3n) is 3.59. The summed E-state index contributed by atoms with van der Waals surface area (Å²) in [6, 6.07) is 3.78. The van der Waals surface area contributed by atoms with Crippen LogP contribution in [0.25, 0.3) is 0 Å². The molecule has 3 rings (SSSR count). The second-order valence-corrected chi connectivity index (χ2v) is 5.65. The number of amides is 1. The lowest BCUT2D eigenvalue weighted by atomic mass is 10.2. The van der Waals surface area contributed by atoms with E-state index in [9.17, 15) is 4.79 Å². The molecule has 6 heteroatoms. The zero-order chi connectivity index (χ0) is 12.0. The third kappa shape index (κ3) is 2.53. The lowest BCUT2D eigenvalue weighted by molar-refractivity contribution is -0.118. The summed E-state index contributed by atoms with van der Waals surface area (Å²) in [5, 5.41) is 6.17. The van der Waals surface area contributed by atoms with Gasteiger partial charge in [-0.25, -0.2) is 4.98 Å². The van der Waals surface area contributed by atoms with E-state index in [-0.39, 0.29) is 24.4 Å². The van der Waals surface area contributed by atoms with Gasteiger partial charge in [0.15, 0.2) is 0 Å². The summed E-state index contributed by atoms with van der Waals surface area (Å²) >= 11 is 3.31. The van der Waals surface area contributed by atoms with Crippen LogP contribution < -0.4 is 10.6 Å². The number of fused-ring (bicyclic) bond motifs is 1. The molecule has 4 nitrogen and oxygen atoms in total. The number of hydrogen-bond donors (Lipinski definition) is 2. The van der Waals surface area contributed by atoms with Crippen LogP contribution in [0.1, 0.15) is 12.0 Å². The van der Waals surface area contributed by atoms with E-state index in [2.05, 4.69) is 31.5 Å². The molecule has 1 aliphatic carbocycles. The van der Waals surface area contributed by atoms with Crippen molar-refractivity contribution in [3.8, 4) is 0 Å². The number of aryl methyl sites for hydroxylation is 1. The number of carbonyl (C=O) groups is 1. The molecule has 1 saturated heterocycles. The Morgan fingerprint density at radius 1 is 1.56 bits per heavy atom. The van der Waals surface area contributed by atoms with Crippen LogP contribution in [0.2, 0.25) is 0 Å². The van der Waals surface area contributed by atoms with Gasteiger partial charge in [0.05, 0.1) is 6.04 Å². The molecule has 2 aliphatic rings. The Labute approximate surface area is 120 Å². The molecule has 1 aromatic rings. The van der Waals surface area contributed by atoms with E-state index in [0.29, 0.717) is 11.7 Å². The van der Waals surface area contributed by atoms with E-state index in [4.69, 9.17) is 0 Å². The SMILES string of the molecule is Cc1ccc(Br)nc1NC(=O)[C@H]1NC[C@H]2C[C@H]21.Cl. The van der Waals surface area contributed by atoms with Crippen molar-refractivity contribution in [3.63, 3.8) is 0 Å². The largest absolute Gasteiger partial charge is 0.309 e. The molecular weight excluding hydrogens is 318 g/mol. The fourth-order valence-corrected chi connectivity index (χ4v) is 2.77. The summed E-state index contributed by atoms with van der Waals surface area (Å²) in [5.74, 6) is 1.96. The quantitative estimate of drug-likeness (QED) is 0.816. The van der Waals surface area contributed by atoms with Crippen molar-refractivity contribution in [3.05, 3.63) is 22.3 Å². The first-order valence-corrected chi connectivity index (χ1v) is 6.62. The maximum Gasteiger partial charge on any atom is 0.242 e. The highest BCUT2D eigenvalue weighted by Crippen LogP contribution is 2.45. The summed E-state index contributed by atoms with van der Waals surface area (Å²) in [5.41, 5.74) is 0.979. The first-order valence-electron chi connectivity index (χ1n) is 5.82. The summed E-state index contributed by atoms with van der Waals surface area (Å²) in [6.07, 6.45) is 1.19. The molecule has 1 saturated carbocycles. The van der Waals surface area contributed by atoms with Crippen molar-refractivity contribution in [2.75, 3.05) is 11.9 Å². The predicted molar refractivity (Wildman–Crippen MR) is 75.9 cm³/mol. The van der Waals surface area contributed by atoms with Gasteiger partial charge in [-0.05, 0) is 59.3 Å². The van der Waals surface area contributed by atoms with Crippen LogP contribution in [0.4, 0.5) is 5.82 Å². The second kappa shape index (κ2) is 5.15. The van der Waals surface area contributed by atoms with E-state index < -0.39 is 0 Å². The van der Waals surface area contributed by atoms with Crippen LogP contribution in [0, 0.1) is 18.8 Å². The fourth-order valence-electron chi connectivity index (χ4n) is 2.46. The molecule has 0 spiro atoms. The molecule has 3 atom stereocenters. The molecule has 2 fully saturated rings. The van der Waals surface area contributed by atoms with E-state index in [1.54, 1.807) is 0 Å². The first-order chi connectivity index (χ1) is 8.15. The van der Waals surface area contributed by atoms with Crippen LogP contribution in [0.5, 0.6) is 0 Å². The van der Waals surface area contributed by atoms with Gasteiger partial charge in [0.2, 0.25) is 5.91 Å². The summed E-state index contributed by atoms with van der Waals surface area (Å²) in [7, 11) is 0. The van der Waals surface area contributed by atoms with E-state index in [0.717, 1.165) is 22.6 Å². The molecule has 98 valence electrons. The lowest BCUT2D eigenvalue weighted by Crippen LogP contribution is -2.39. The van der Waals surface area contributed by atoms with Crippen LogP contribution in [0.15, 0.2) is 16.7 Å². The van der Waals surface area contributed by atoms with Crippen molar-refractivity contribution < 1.29 is 4.79 Å². The zero-order valence-corrected chi connectivity index (χ0v) is 12.3. The van der Waals surface area contributed by atoms with Crippen LogP contribution in [-0.2, 0) is 4.79 Å². The van der Waals surface area contributed by atoms with Gasteiger partial charge in [-0.2, -0.15) is 0 Å². The summed E-state index contributed by atoms with van der Waals surface area (Å²) in [6.45, 7) is 2.92. The molecule has 2 N–H and O–H groups in total. The Morgan fingerprint density at radius 2 is 2.33 bits per heavy atom. The van der Waals surface area contributed by atoms with E-state index >= 15 is 0 Å². The molecule has 0 aromatic carbocycles. The number of rotatable bonds is 2. The Balaban J connectivity index is 0.00000120. The van der Waals surface area contributed by atoms with Gasteiger partial charge in [0, 0.05) is 0 Å². The highest BCUT2D eigenvalue weighted by molar-refractivity contribution is 9.10. The molecule has 1 amide bonds. The number of aromatic nitrogens is 1. The minimum absolute atomic E-state index is 0. The molecule has 2 heterocycles. The molecule has 0 unspecified atom stereocenters. The molecular formula is C12H15BrClN3O. The van der Waals surface area contributed by atoms with E-state index in [1.165, 1.54) is 6.42 Å². The maximum atomic E-state index is 12.1. The molecule has 1 aliphatic heterocycles. The van der Waals surface area contributed by atoms with Crippen molar-refractivity contribution in [1.29, 1.82) is 0 Å². The third-order valence-corrected chi connectivity index (χ3v) is 4.03. The minimum atomic E-state index is -0.0276. The number of nitrogens with one attached hydrogen (secondary N) is 2. The Bertz CT molecular complexity index is 482. The van der Waals surface area contributed by atoms with Crippen molar-refractivity contribution in [1.82, 2.24) is 10.3 Å². The highest BCUT2D eigenvalue weighted by atomic mass is 79.9. The minimum Gasteiger partial charge on any atom is -0.309 e. The van der Waals surface area contributed by atoms with Crippen molar-refractivity contribution >= 4 is 40.1 Å². The average Bonchev–Trinajstić information content (AvgIpc) is 2.95. The maximum absolute atomic E-state index is 12.1. The predicted octanol–water partition coefficient (Wildman–Crippen LogP) is 2.12. The van der Waals surface area contributed by atoms with Gasteiger partial charge in [-0.15, -0.1) is 12.4 Å². The number of hydrogen-bond acceptors (Lipinski definition) is 3. The van der Waals surface area contributed by atoms with Crippen molar-refractivity contribution in [2.45, 2.75) is 19.4 Å². The molecule has 0 radical (unpaired) electrons. The van der Waals surface area contributed by atoms with Gasteiger partial charge >= 0.3 is 0 Å². The molecule has 18 heavy (non-hydrogen) atoms. The average molecular weight is 333 g/mol. The van der Waals surface area contributed by atoms with E-state index in [1.807, 2.05) is 19.1 Å². The Hall–Kier alpha value is -0.650. The zero-order valence-electron chi connectivity index (χ0n) is 9.94. The number of carbonyl (C=O) groups excluding carboxylic acids is 1. The smallest absolute Gasteiger partial charge is 0.242 e. The van der Waals surface area contributed by atoms with Crippen LogP contribution >= 0.6 is 28.3 Å². The number of piperidine rings is 1. The fraction of sp³-hybridized carbons (Fsp3) is 0.500. The Kier molecular flexibility index (Phi) is 3.94. The number of pyridine rings is 1. The van der Waals surface area contributed by atoms with Crippen LogP contribution in [0.3, 0.4) is 0 Å². The van der Waals surface area contributed by atoms with Gasteiger partial charge in [0.25, 0.3) is 0 Å². The van der Waals surface area contributed by atoms with Gasteiger partial charge in [-0.1, -0.05) is 6.07 Å². The highest BCUT2D eigenvalue weighted by Gasteiger charge is 2.50. The summed E-state index contributed by atoms with van der Waals surface area (Å²) < 4.78 is 0.738. The lowest BCUT2D eigenvalue weighted by Gasteiger charge is -2.14. The summed E-state index contributed by atoms with van der Waals surface area (Å²) in [4.78, 5) is 16.4. The van der Waals surface area contributed by atoms with Crippen molar-refractivity contribution in [2.24, 2.45) is 11.8 Å². The normalized spacial score (nSPS) is 28.2. The monoisotopic (exact) mass is 331 g/mol. The van der Waals surface area contributed by atoms with Gasteiger partial charge in [0.1, 0.15) is 10.4 Å². The second-order valence-electron chi connectivity index (χ2n) is 4.83. The first kappa shape index (κ1) is 13.8. The number of nitrogens with zero attached hydrogens (tertiary/aromatic N) is 1. The Morgan fingerprint density at radius 3 is 2.94 bits per heavy atom. The standard InChI is InChI=1S/C12H14BrN3O.ClH/c1-6-2-3-9(13)15-11(6)16-12(17)10-8-4-7(8)5-14-10;/h2-3,7-8,10,14H,4-5H2,1H3,(H,15,16,17);1H/t7-,8-,10+;/m1./s1.